The smallest absolute Gasteiger partial charge is 0.292 e. The van der Waals surface area contributed by atoms with Gasteiger partial charge in [0.2, 0.25) is 5.78 Å². The molecule has 0 heterocycles. The number of carbonyl (C=O) groups is 2. The van der Waals surface area contributed by atoms with Gasteiger partial charge < -0.3 is 10.1 Å². The van der Waals surface area contributed by atoms with E-state index in [1.807, 2.05) is 13.8 Å². The number of hydrogen-bond acceptors (Lipinski definition) is 3. The highest BCUT2D eigenvalue weighted by atomic mass is 16.5. The first kappa shape index (κ1) is 14.2. The molecule has 0 aliphatic heterocycles. The van der Waals surface area contributed by atoms with Crippen LogP contribution in [-0.2, 0) is 4.79 Å². The van der Waals surface area contributed by atoms with Crippen LogP contribution in [0.3, 0.4) is 0 Å². The summed E-state index contributed by atoms with van der Waals surface area (Å²) in [7, 11) is 1.59. The molecule has 1 rings (SSSR count). The van der Waals surface area contributed by atoms with E-state index in [9.17, 15) is 9.59 Å². The number of ketones is 1. The second-order valence-corrected chi connectivity index (χ2v) is 4.30. The number of ether oxygens (including phenoxy) is 1. The summed E-state index contributed by atoms with van der Waals surface area (Å²) in [6.45, 7) is 6.24. The Labute approximate surface area is 107 Å². The normalized spacial score (nSPS) is 10.3. The number of methoxy groups -OCH3 is 1. The Morgan fingerprint density at radius 1 is 1.33 bits per heavy atom. The predicted octanol–water partition coefficient (Wildman–Crippen LogP) is 2.14. The van der Waals surface area contributed by atoms with Crippen LogP contribution in [0.15, 0.2) is 18.2 Å². The van der Waals surface area contributed by atoms with Gasteiger partial charge in [0.05, 0.1) is 7.11 Å². The first-order chi connectivity index (χ1) is 8.51. The number of amides is 1. The highest BCUT2D eigenvalue weighted by Gasteiger charge is 2.17. The van der Waals surface area contributed by atoms with Crippen LogP contribution in [0.1, 0.15) is 42.6 Å². The molecule has 0 atom stereocenters. The molecule has 0 aliphatic carbocycles. The van der Waals surface area contributed by atoms with Crippen molar-refractivity contribution in [3.8, 4) is 5.75 Å². The lowest BCUT2D eigenvalue weighted by Gasteiger charge is -2.13. The van der Waals surface area contributed by atoms with Gasteiger partial charge in [-0.15, -0.1) is 0 Å². The molecular formula is C14H19NO3. The highest BCUT2D eigenvalue weighted by molar-refractivity contribution is 6.42. The Bertz CT molecular complexity index is 452. The number of likely N-dealkylation sites (N-methyl/N-ethyl adjacent to an activating group) is 1. The van der Waals surface area contributed by atoms with Crippen molar-refractivity contribution in [1.82, 2.24) is 5.32 Å². The van der Waals surface area contributed by atoms with Crippen molar-refractivity contribution in [3.05, 3.63) is 29.3 Å². The van der Waals surface area contributed by atoms with Crippen LogP contribution >= 0.6 is 0 Å². The van der Waals surface area contributed by atoms with Crippen molar-refractivity contribution in [2.24, 2.45) is 0 Å². The minimum absolute atomic E-state index is 0.224. The molecule has 1 aromatic carbocycles. The molecule has 0 bridgehead atoms. The maximum absolute atomic E-state index is 11.9. The SMILES string of the molecule is CCNC(=O)C(=O)c1ccc(OC)c(C(C)C)c1. The molecule has 4 nitrogen and oxygen atoms in total. The van der Waals surface area contributed by atoms with Crippen molar-refractivity contribution in [2.45, 2.75) is 26.7 Å². The fraction of sp³-hybridized carbons (Fsp3) is 0.429. The predicted molar refractivity (Wildman–Crippen MR) is 70.1 cm³/mol. The molecule has 0 saturated carbocycles. The minimum atomic E-state index is -0.572. The molecule has 0 fully saturated rings. The third-order valence-electron chi connectivity index (χ3n) is 2.66. The second kappa shape index (κ2) is 6.19. The Morgan fingerprint density at radius 3 is 2.50 bits per heavy atom. The fourth-order valence-corrected chi connectivity index (χ4v) is 1.70. The molecule has 1 N–H and O–H groups in total. The third kappa shape index (κ3) is 3.09. The van der Waals surface area contributed by atoms with Crippen molar-refractivity contribution in [2.75, 3.05) is 13.7 Å². The number of carbonyl (C=O) groups excluding carboxylic acids is 2. The quantitative estimate of drug-likeness (QED) is 0.642. The molecule has 1 aromatic rings. The number of Topliss-reactive ketones (excluding diaryl/α,β-unsaturated/α-hetero) is 1. The summed E-state index contributed by atoms with van der Waals surface area (Å²) < 4.78 is 5.24. The Hall–Kier alpha value is -1.84. The summed E-state index contributed by atoms with van der Waals surface area (Å²) in [5.74, 6) is -0.127. The molecule has 0 aromatic heterocycles. The van der Waals surface area contributed by atoms with E-state index in [4.69, 9.17) is 4.74 Å². The van der Waals surface area contributed by atoms with Crippen LogP contribution in [0.25, 0.3) is 0 Å². The minimum Gasteiger partial charge on any atom is -0.496 e. The topological polar surface area (TPSA) is 55.4 Å². The van der Waals surface area contributed by atoms with E-state index in [2.05, 4.69) is 5.32 Å². The van der Waals surface area contributed by atoms with E-state index in [1.165, 1.54) is 0 Å². The Morgan fingerprint density at radius 2 is 2.00 bits per heavy atom. The van der Waals surface area contributed by atoms with Crippen LogP contribution in [0.5, 0.6) is 5.75 Å². The van der Waals surface area contributed by atoms with Gasteiger partial charge in [-0.05, 0) is 36.6 Å². The maximum atomic E-state index is 11.9. The van der Waals surface area contributed by atoms with Gasteiger partial charge in [0.1, 0.15) is 5.75 Å². The summed E-state index contributed by atoms with van der Waals surface area (Å²) in [5.41, 5.74) is 1.32. The van der Waals surface area contributed by atoms with Crippen LogP contribution in [0, 0.1) is 0 Å². The molecule has 98 valence electrons. The molecule has 0 aliphatic rings. The van der Waals surface area contributed by atoms with Gasteiger partial charge in [-0.25, -0.2) is 0 Å². The summed E-state index contributed by atoms with van der Waals surface area (Å²) >= 11 is 0. The van der Waals surface area contributed by atoms with E-state index in [1.54, 1.807) is 32.2 Å². The Balaban J connectivity index is 3.08. The summed E-state index contributed by atoms with van der Waals surface area (Å²) in [4.78, 5) is 23.3. The van der Waals surface area contributed by atoms with Crippen molar-refractivity contribution >= 4 is 11.7 Å². The average Bonchev–Trinajstić information content (AvgIpc) is 2.37. The molecule has 1 amide bonds. The maximum Gasteiger partial charge on any atom is 0.292 e. The molecule has 0 radical (unpaired) electrons. The van der Waals surface area contributed by atoms with Gasteiger partial charge in [0, 0.05) is 12.1 Å². The number of nitrogens with one attached hydrogen (secondary N) is 1. The van der Waals surface area contributed by atoms with Gasteiger partial charge in [-0.2, -0.15) is 0 Å². The first-order valence-corrected chi connectivity index (χ1v) is 6.01. The molecular weight excluding hydrogens is 230 g/mol. The number of hydrogen-bond donors (Lipinski definition) is 1. The number of rotatable bonds is 5. The van der Waals surface area contributed by atoms with Crippen LogP contribution in [-0.4, -0.2) is 25.3 Å². The lowest BCUT2D eigenvalue weighted by molar-refractivity contribution is -0.116. The first-order valence-electron chi connectivity index (χ1n) is 6.01. The van der Waals surface area contributed by atoms with Crippen LogP contribution in [0.2, 0.25) is 0 Å². The molecule has 0 saturated heterocycles. The zero-order chi connectivity index (χ0) is 13.7. The zero-order valence-corrected chi connectivity index (χ0v) is 11.2. The summed E-state index contributed by atoms with van der Waals surface area (Å²) in [6, 6.07) is 5.06. The zero-order valence-electron chi connectivity index (χ0n) is 11.2. The highest BCUT2D eigenvalue weighted by Crippen LogP contribution is 2.27. The van der Waals surface area contributed by atoms with Crippen LogP contribution in [0.4, 0.5) is 0 Å². The lowest BCUT2D eigenvalue weighted by atomic mass is 9.98. The van der Waals surface area contributed by atoms with Gasteiger partial charge in [-0.1, -0.05) is 13.8 Å². The molecule has 4 heteroatoms. The lowest BCUT2D eigenvalue weighted by Crippen LogP contribution is -2.30. The summed E-state index contributed by atoms with van der Waals surface area (Å²) in [5, 5.41) is 2.50. The standard InChI is InChI=1S/C14H19NO3/c1-5-15-14(17)13(16)10-6-7-12(18-4)11(8-10)9(2)3/h6-9H,5H2,1-4H3,(H,15,17). The second-order valence-electron chi connectivity index (χ2n) is 4.30. The van der Waals surface area contributed by atoms with E-state index < -0.39 is 11.7 Å². The van der Waals surface area contributed by atoms with Crippen LogP contribution < -0.4 is 10.1 Å². The Kier molecular flexibility index (Phi) is 4.89. The fourth-order valence-electron chi connectivity index (χ4n) is 1.70. The van der Waals surface area contributed by atoms with E-state index >= 15 is 0 Å². The van der Waals surface area contributed by atoms with Crippen molar-refractivity contribution < 1.29 is 14.3 Å². The summed E-state index contributed by atoms with van der Waals surface area (Å²) in [6.07, 6.45) is 0. The molecule has 18 heavy (non-hydrogen) atoms. The van der Waals surface area contributed by atoms with E-state index in [0.717, 1.165) is 11.3 Å². The van der Waals surface area contributed by atoms with Crippen molar-refractivity contribution in [3.63, 3.8) is 0 Å². The molecule has 0 unspecified atom stereocenters. The van der Waals surface area contributed by atoms with Gasteiger partial charge in [0.15, 0.2) is 0 Å². The number of benzene rings is 1. The van der Waals surface area contributed by atoms with Gasteiger partial charge >= 0.3 is 0 Å². The van der Waals surface area contributed by atoms with Crippen molar-refractivity contribution in [1.29, 1.82) is 0 Å². The largest absolute Gasteiger partial charge is 0.496 e. The monoisotopic (exact) mass is 249 g/mol. The third-order valence-corrected chi connectivity index (χ3v) is 2.66. The average molecular weight is 249 g/mol. The van der Waals surface area contributed by atoms with E-state index in [0.29, 0.717) is 12.1 Å². The van der Waals surface area contributed by atoms with Gasteiger partial charge in [-0.3, -0.25) is 9.59 Å². The molecule has 0 spiro atoms. The van der Waals surface area contributed by atoms with Gasteiger partial charge in [0.25, 0.3) is 5.91 Å². The van der Waals surface area contributed by atoms with E-state index in [-0.39, 0.29) is 5.92 Å².